The molecule has 1 aliphatic heterocycles. The van der Waals surface area contributed by atoms with E-state index in [2.05, 4.69) is 39.4 Å². The number of carbonyl (C=O) groups excluding carboxylic acids is 2. The Bertz CT molecular complexity index is 543. The molecule has 1 saturated heterocycles. The first-order valence-corrected chi connectivity index (χ1v) is 7.98. The first-order valence-electron chi connectivity index (χ1n) is 6.90. The Morgan fingerprint density at radius 2 is 2.38 bits per heavy atom. The third-order valence-corrected chi connectivity index (χ3v) is 4.56. The van der Waals surface area contributed by atoms with E-state index in [0.29, 0.717) is 6.54 Å². The van der Waals surface area contributed by atoms with Crippen LogP contribution in [0.2, 0.25) is 0 Å². The van der Waals surface area contributed by atoms with Crippen LogP contribution in [0.3, 0.4) is 0 Å². The molecule has 0 spiro atoms. The van der Waals surface area contributed by atoms with Crippen molar-refractivity contribution >= 4 is 34.4 Å². The molecule has 21 heavy (non-hydrogen) atoms. The number of hydrogen-bond acceptors (Lipinski definition) is 3. The number of nitrogens with one attached hydrogen (secondary N) is 1. The van der Waals surface area contributed by atoms with Gasteiger partial charge in [-0.2, -0.15) is 5.10 Å². The van der Waals surface area contributed by atoms with E-state index < -0.39 is 0 Å². The average Bonchev–Trinajstić information content (AvgIpc) is 2.92. The zero-order valence-corrected chi connectivity index (χ0v) is 14.2. The third kappa shape index (κ3) is 3.63. The van der Waals surface area contributed by atoms with Crippen molar-refractivity contribution in [2.24, 2.45) is 0 Å². The Balaban J connectivity index is 2.12. The molecule has 1 aromatic heterocycles. The number of aromatic nitrogens is 2. The molecule has 0 radical (unpaired) electrons. The maximum Gasteiger partial charge on any atom is 0.246 e. The summed E-state index contributed by atoms with van der Waals surface area (Å²) in [5.41, 5.74) is 0.987. The fourth-order valence-corrected chi connectivity index (χ4v) is 3.19. The summed E-state index contributed by atoms with van der Waals surface area (Å²) in [4.78, 5) is 27.3. The summed E-state index contributed by atoms with van der Waals surface area (Å²) >= 11 is 2.22. The third-order valence-electron chi connectivity index (χ3n) is 3.70. The van der Waals surface area contributed by atoms with Gasteiger partial charge in [-0.05, 0) is 47.9 Å². The molecule has 1 N–H and O–H groups in total. The summed E-state index contributed by atoms with van der Waals surface area (Å²) in [5.74, 6) is -0.282. The predicted molar refractivity (Wildman–Crippen MR) is 87.4 cm³/mol. The Labute approximate surface area is 137 Å². The number of carbonyl (C=O) groups is 2. The van der Waals surface area contributed by atoms with Crippen LogP contribution in [0.25, 0.3) is 0 Å². The van der Waals surface area contributed by atoms with Crippen LogP contribution in [0.1, 0.15) is 31.0 Å². The van der Waals surface area contributed by atoms with Gasteiger partial charge in [-0.25, -0.2) is 0 Å². The molecule has 6 nitrogen and oxygen atoms in total. The molecule has 0 saturated carbocycles. The van der Waals surface area contributed by atoms with E-state index in [9.17, 15) is 9.59 Å². The van der Waals surface area contributed by atoms with Gasteiger partial charge in [-0.15, -0.1) is 0 Å². The second-order valence-corrected chi connectivity index (χ2v) is 6.29. The van der Waals surface area contributed by atoms with Gasteiger partial charge in [0.25, 0.3) is 0 Å². The Kier molecular flexibility index (Phi) is 5.38. The average molecular weight is 402 g/mol. The van der Waals surface area contributed by atoms with E-state index in [1.807, 2.05) is 4.90 Å². The summed E-state index contributed by atoms with van der Waals surface area (Å²) in [5, 5.41) is 7.04. The van der Waals surface area contributed by atoms with Crippen LogP contribution >= 0.6 is 22.6 Å². The lowest BCUT2D eigenvalue weighted by molar-refractivity contribution is -0.140. The van der Waals surface area contributed by atoms with Crippen molar-refractivity contribution in [3.63, 3.8) is 0 Å². The van der Waals surface area contributed by atoms with Gasteiger partial charge >= 0.3 is 0 Å². The quantitative estimate of drug-likeness (QED) is 0.616. The van der Waals surface area contributed by atoms with E-state index in [1.54, 1.807) is 13.2 Å². The van der Waals surface area contributed by atoms with Gasteiger partial charge in [0.15, 0.2) is 0 Å². The van der Waals surface area contributed by atoms with Gasteiger partial charge < -0.3 is 9.80 Å². The Morgan fingerprint density at radius 1 is 1.62 bits per heavy atom. The van der Waals surface area contributed by atoms with Crippen molar-refractivity contribution in [1.29, 1.82) is 0 Å². The molecule has 1 unspecified atom stereocenters. The first-order chi connectivity index (χ1) is 10.0. The van der Waals surface area contributed by atoms with Crippen LogP contribution in [0, 0.1) is 3.57 Å². The van der Waals surface area contributed by atoms with Crippen LogP contribution < -0.4 is 0 Å². The lowest BCUT2D eigenvalue weighted by Crippen LogP contribution is -2.44. The normalized spacial score (nSPS) is 18.4. The van der Waals surface area contributed by atoms with Crippen LogP contribution in [0.5, 0.6) is 0 Å². The number of halogens is 1. The molecule has 0 aliphatic carbocycles. The number of rotatable bonds is 4. The predicted octanol–water partition coefficient (Wildman–Crippen LogP) is 1.71. The Morgan fingerprint density at radius 3 is 3.00 bits per heavy atom. The largest absolute Gasteiger partial charge is 0.333 e. The standard InChI is InChI=1S/C14H19IN4O2/c1-3-12(20)18(2)9-13(21)19-7-5-4-6-11(19)14-10(15)8-16-17-14/h3,8,11H,1,4-7,9H2,2H3,(H,16,17). The SMILES string of the molecule is C=CC(=O)N(C)CC(=O)N1CCCCC1c1[nH]ncc1I. The van der Waals surface area contributed by atoms with E-state index in [0.717, 1.165) is 28.5 Å². The molecule has 2 heterocycles. The minimum Gasteiger partial charge on any atom is -0.333 e. The van der Waals surface area contributed by atoms with Crippen molar-refractivity contribution in [2.45, 2.75) is 25.3 Å². The number of aromatic amines is 1. The molecule has 2 rings (SSSR count). The summed E-state index contributed by atoms with van der Waals surface area (Å²) in [6.45, 7) is 4.23. The van der Waals surface area contributed by atoms with Gasteiger partial charge in [-0.1, -0.05) is 6.58 Å². The van der Waals surface area contributed by atoms with Crippen LogP contribution in [0.4, 0.5) is 0 Å². The lowest BCUT2D eigenvalue weighted by atomic mass is 9.99. The van der Waals surface area contributed by atoms with Gasteiger partial charge in [0, 0.05) is 13.6 Å². The number of likely N-dealkylation sites (N-methyl/N-ethyl adjacent to an activating group) is 1. The molecular formula is C14H19IN4O2. The second kappa shape index (κ2) is 7.06. The first kappa shape index (κ1) is 16.0. The molecule has 7 heteroatoms. The molecule has 1 aliphatic rings. The maximum absolute atomic E-state index is 12.5. The minimum absolute atomic E-state index is 0.0212. The van der Waals surface area contributed by atoms with Crippen molar-refractivity contribution in [1.82, 2.24) is 20.0 Å². The number of likely N-dealkylation sites (tertiary alicyclic amines) is 1. The highest BCUT2D eigenvalue weighted by Crippen LogP contribution is 2.32. The van der Waals surface area contributed by atoms with Crippen molar-refractivity contribution < 1.29 is 9.59 Å². The molecule has 0 aromatic carbocycles. The van der Waals surface area contributed by atoms with Crippen LogP contribution in [0.15, 0.2) is 18.9 Å². The number of hydrogen-bond donors (Lipinski definition) is 1. The van der Waals surface area contributed by atoms with Crippen LogP contribution in [-0.2, 0) is 9.59 Å². The number of nitrogens with zero attached hydrogens (tertiary/aromatic N) is 3. The topological polar surface area (TPSA) is 69.3 Å². The van der Waals surface area contributed by atoms with Gasteiger partial charge in [0.05, 0.1) is 28.0 Å². The van der Waals surface area contributed by atoms with Crippen LogP contribution in [-0.4, -0.2) is 51.9 Å². The summed E-state index contributed by atoms with van der Waals surface area (Å²) < 4.78 is 1.04. The zero-order valence-electron chi connectivity index (χ0n) is 12.0. The molecule has 1 aromatic rings. The molecular weight excluding hydrogens is 383 g/mol. The highest BCUT2D eigenvalue weighted by Gasteiger charge is 2.30. The zero-order chi connectivity index (χ0) is 15.4. The van der Waals surface area contributed by atoms with E-state index in [-0.39, 0.29) is 24.4 Å². The number of H-pyrrole nitrogens is 1. The molecule has 2 amide bonds. The van der Waals surface area contributed by atoms with Crippen molar-refractivity contribution in [3.8, 4) is 0 Å². The second-order valence-electron chi connectivity index (χ2n) is 5.13. The lowest BCUT2D eigenvalue weighted by Gasteiger charge is -2.36. The fourth-order valence-electron chi connectivity index (χ4n) is 2.57. The molecule has 1 fully saturated rings. The van der Waals surface area contributed by atoms with Crippen molar-refractivity contribution in [3.05, 3.63) is 28.1 Å². The maximum atomic E-state index is 12.5. The summed E-state index contributed by atoms with van der Waals surface area (Å²) in [6, 6.07) is 0.0212. The molecule has 1 atom stereocenters. The van der Waals surface area contributed by atoms with Gasteiger partial charge in [-0.3, -0.25) is 14.7 Å². The highest BCUT2D eigenvalue weighted by molar-refractivity contribution is 14.1. The van der Waals surface area contributed by atoms with Gasteiger partial charge in [0.2, 0.25) is 11.8 Å². The monoisotopic (exact) mass is 402 g/mol. The summed E-state index contributed by atoms with van der Waals surface area (Å²) in [7, 11) is 1.61. The number of amides is 2. The van der Waals surface area contributed by atoms with E-state index in [4.69, 9.17) is 0 Å². The summed E-state index contributed by atoms with van der Waals surface area (Å²) in [6.07, 6.45) is 5.99. The number of piperidine rings is 1. The minimum atomic E-state index is -0.243. The van der Waals surface area contributed by atoms with Crippen molar-refractivity contribution in [2.75, 3.05) is 20.1 Å². The smallest absolute Gasteiger partial charge is 0.246 e. The van der Waals surface area contributed by atoms with Gasteiger partial charge in [0.1, 0.15) is 0 Å². The highest BCUT2D eigenvalue weighted by atomic mass is 127. The molecule has 0 bridgehead atoms. The molecule has 114 valence electrons. The van der Waals surface area contributed by atoms with E-state index in [1.165, 1.54) is 11.0 Å². The van der Waals surface area contributed by atoms with E-state index >= 15 is 0 Å². The Hall–Kier alpha value is -1.38. The fraction of sp³-hybridized carbons (Fsp3) is 0.500.